The Kier molecular flexibility index (Phi) is 5.35. The van der Waals surface area contributed by atoms with Crippen LogP contribution in [0.15, 0.2) is 24.3 Å². The van der Waals surface area contributed by atoms with Crippen molar-refractivity contribution in [3.8, 4) is 0 Å². The van der Waals surface area contributed by atoms with E-state index in [1.54, 1.807) is 0 Å². The lowest BCUT2D eigenvalue weighted by atomic mass is 10.00. The van der Waals surface area contributed by atoms with E-state index in [-0.39, 0.29) is 11.8 Å². The zero-order valence-corrected chi connectivity index (χ0v) is 10.5. The summed E-state index contributed by atoms with van der Waals surface area (Å²) < 4.78 is 0. The van der Waals surface area contributed by atoms with Crippen LogP contribution in [-0.4, -0.2) is 11.7 Å². The van der Waals surface area contributed by atoms with Crippen molar-refractivity contribution in [2.45, 2.75) is 25.5 Å². The molecule has 0 aliphatic heterocycles. The van der Waals surface area contributed by atoms with Crippen molar-refractivity contribution < 1.29 is 4.79 Å². The van der Waals surface area contributed by atoms with E-state index in [1.807, 2.05) is 30.8 Å². The van der Waals surface area contributed by atoms with Gasteiger partial charge in [-0.2, -0.15) is 11.8 Å². The first-order chi connectivity index (χ1) is 7.69. The zero-order chi connectivity index (χ0) is 12.0. The van der Waals surface area contributed by atoms with Crippen molar-refractivity contribution >= 4 is 17.7 Å². The molecule has 0 aromatic heterocycles. The number of hydrogen-bond acceptors (Lipinski definition) is 3. The molecule has 1 rings (SSSR count). The summed E-state index contributed by atoms with van der Waals surface area (Å²) in [5.41, 5.74) is 4.45. The molecule has 3 nitrogen and oxygen atoms in total. The number of amides is 1. The van der Waals surface area contributed by atoms with Gasteiger partial charge < -0.3 is 0 Å². The molecule has 0 saturated heterocycles. The van der Waals surface area contributed by atoms with Gasteiger partial charge in [-0.3, -0.25) is 10.2 Å². The number of rotatable bonds is 5. The molecule has 0 radical (unpaired) electrons. The van der Waals surface area contributed by atoms with Gasteiger partial charge in [0.2, 0.25) is 5.91 Å². The van der Waals surface area contributed by atoms with Gasteiger partial charge in [-0.05, 0) is 23.8 Å². The summed E-state index contributed by atoms with van der Waals surface area (Å²) in [4.78, 5) is 11.3. The summed E-state index contributed by atoms with van der Waals surface area (Å²) in [5.74, 6) is 6.89. The van der Waals surface area contributed by atoms with Crippen LogP contribution in [0.3, 0.4) is 0 Å². The van der Waals surface area contributed by atoms with Crippen molar-refractivity contribution in [1.82, 2.24) is 5.43 Å². The molecule has 0 aliphatic rings. The lowest BCUT2D eigenvalue weighted by molar-refractivity contribution is -0.122. The van der Waals surface area contributed by atoms with Crippen molar-refractivity contribution in [2.24, 2.45) is 5.84 Å². The summed E-state index contributed by atoms with van der Waals surface area (Å²) in [5, 5.41) is 0. The second-order valence-corrected chi connectivity index (χ2v) is 4.88. The molecule has 0 aliphatic carbocycles. The molecule has 3 N–H and O–H groups in total. The fourth-order valence-corrected chi connectivity index (χ4v) is 2.03. The maximum absolute atomic E-state index is 11.3. The van der Waals surface area contributed by atoms with Gasteiger partial charge in [0.15, 0.2) is 0 Å². The molecule has 1 amide bonds. The van der Waals surface area contributed by atoms with Crippen molar-refractivity contribution in [1.29, 1.82) is 0 Å². The predicted octanol–water partition coefficient (Wildman–Crippen LogP) is 2.03. The predicted molar refractivity (Wildman–Crippen MR) is 69.0 cm³/mol. The van der Waals surface area contributed by atoms with Gasteiger partial charge in [0.1, 0.15) is 0 Å². The monoisotopic (exact) mass is 238 g/mol. The Balaban J connectivity index is 2.67. The first kappa shape index (κ1) is 13.1. The molecule has 0 heterocycles. The number of thioether (sulfide) groups is 1. The molecule has 1 aromatic carbocycles. The van der Waals surface area contributed by atoms with E-state index >= 15 is 0 Å². The molecule has 1 aromatic rings. The van der Waals surface area contributed by atoms with Gasteiger partial charge in [0.25, 0.3) is 0 Å². The highest BCUT2D eigenvalue weighted by Gasteiger charge is 2.13. The van der Waals surface area contributed by atoms with Crippen LogP contribution in [0, 0.1) is 0 Å². The molecule has 0 saturated carbocycles. The van der Waals surface area contributed by atoms with Crippen molar-refractivity contribution in [3.05, 3.63) is 35.4 Å². The molecule has 0 bridgehead atoms. The number of nitrogens with one attached hydrogen (secondary N) is 1. The highest BCUT2D eigenvalue weighted by atomic mass is 32.2. The minimum absolute atomic E-state index is 0.157. The van der Waals surface area contributed by atoms with Gasteiger partial charge in [-0.25, -0.2) is 5.84 Å². The molecular formula is C12H18N2OS. The molecule has 4 heteroatoms. The smallest absolute Gasteiger partial charge is 0.241 e. The Morgan fingerprint density at radius 3 is 2.56 bits per heavy atom. The minimum atomic E-state index is -0.196. The molecule has 88 valence electrons. The maximum atomic E-state index is 11.3. The second kappa shape index (κ2) is 6.55. The Bertz CT molecular complexity index is 337. The quantitative estimate of drug-likeness (QED) is 0.469. The third-order valence-electron chi connectivity index (χ3n) is 2.49. The highest BCUT2D eigenvalue weighted by Crippen LogP contribution is 2.18. The molecule has 0 spiro atoms. The third-order valence-corrected chi connectivity index (χ3v) is 3.43. The van der Waals surface area contributed by atoms with Gasteiger partial charge in [0.05, 0.1) is 5.92 Å². The summed E-state index contributed by atoms with van der Waals surface area (Å²) >= 11 is 1.89. The highest BCUT2D eigenvalue weighted by molar-refractivity contribution is 7.98. The minimum Gasteiger partial charge on any atom is -0.294 e. The first-order valence-corrected chi connectivity index (χ1v) is 6.51. The molecule has 0 fully saturated rings. The van der Waals surface area contributed by atoms with Crippen LogP contribution in [0.1, 0.15) is 30.9 Å². The first-order valence-electron chi connectivity index (χ1n) is 5.36. The van der Waals surface area contributed by atoms with Crippen LogP contribution in [0.2, 0.25) is 0 Å². The average molecular weight is 238 g/mol. The Labute approximate surface area is 101 Å². The van der Waals surface area contributed by atoms with Gasteiger partial charge >= 0.3 is 0 Å². The lowest BCUT2D eigenvalue weighted by Crippen LogP contribution is -2.33. The van der Waals surface area contributed by atoms with E-state index in [0.717, 1.165) is 17.1 Å². The largest absolute Gasteiger partial charge is 0.294 e. The Morgan fingerprint density at radius 2 is 2.06 bits per heavy atom. The number of carbonyl (C=O) groups excluding carboxylic acids is 1. The molecule has 1 atom stereocenters. The SMILES string of the molecule is CCSCc1ccc(C(C)C(=O)NN)cc1. The standard InChI is InChI=1S/C12H18N2OS/c1-3-16-8-10-4-6-11(7-5-10)9(2)12(15)14-13/h4-7,9H,3,8,13H2,1-2H3,(H,14,15). The van der Waals surface area contributed by atoms with E-state index in [1.165, 1.54) is 5.56 Å². The van der Waals surface area contributed by atoms with Crippen molar-refractivity contribution in [3.63, 3.8) is 0 Å². The van der Waals surface area contributed by atoms with Gasteiger partial charge in [-0.15, -0.1) is 0 Å². The summed E-state index contributed by atoms with van der Waals surface area (Å²) in [6.07, 6.45) is 0. The molecule has 1 unspecified atom stereocenters. The second-order valence-electron chi connectivity index (χ2n) is 3.61. The summed E-state index contributed by atoms with van der Waals surface area (Å²) in [7, 11) is 0. The number of hydrogen-bond donors (Lipinski definition) is 2. The Hall–Kier alpha value is -1.00. The number of benzene rings is 1. The van der Waals surface area contributed by atoms with Crippen LogP contribution in [0.5, 0.6) is 0 Å². The number of nitrogens with two attached hydrogens (primary N) is 1. The third kappa shape index (κ3) is 3.54. The van der Waals surface area contributed by atoms with E-state index < -0.39 is 0 Å². The van der Waals surface area contributed by atoms with Crippen molar-refractivity contribution in [2.75, 3.05) is 5.75 Å². The van der Waals surface area contributed by atoms with Crippen LogP contribution >= 0.6 is 11.8 Å². The fourth-order valence-electron chi connectivity index (χ4n) is 1.40. The lowest BCUT2D eigenvalue weighted by Gasteiger charge is -2.10. The topological polar surface area (TPSA) is 55.1 Å². The van der Waals surface area contributed by atoms with E-state index in [0.29, 0.717) is 0 Å². The maximum Gasteiger partial charge on any atom is 0.241 e. The molecule has 16 heavy (non-hydrogen) atoms. The van der Waals surface area contributed by atoms with E-state index in [2.05, 4.69) is 24.5 Å². The average Bonchev–Trinajstić information content (AvgIpc) is 2.35. The van der Waals surface area contributed by atoms with Gasteiger partial charge in [-0.1, -0.05) is 31.2 Å². The van der Waals surface area contributed by atoms with Crippen LogP contribution in [-0.2, 0) is 10.5 Å². The zero-order valence-electron chi connectivity index (χ0n) is 9.69. The molecular weight excluding hydrogens is 220 g/mol. The Morgan fingerprint density at radius 1 is 1.44 bits per heavy atom. The summed E-state index contributed by atoms with van der Waals surface area (Å²) in [6, 6.07) is 8.12. The van der Waals surface area contributed by atoms with Crippen LogP contribution in [0.25, 0.3) is 0 Å². The van der Waals surface area contributed by atoms with E-state index in [9.17, 15) is 4.79 Å². The van der Waals surface area contributed by atoms with Crippen LogP contribution < -0.4 is 11.3 Å². The normalized spacial score (nSPS) is 12.2. The number of carbonyl (C=O) groups is 1. The van der Waals surface area contributed by atoms with E-state index in [4.69, 9.17) is 5.84 Å². The number of hydrazine groups is 1. The fraction of sp³-hybridized carbons (Fsp3) is 0.417. The van der Waals surface area contributed by atoms with Gasteiger partial charge in [0, 0.05) is 5.75 Å². The van der Waals surface area contributed by atoms with Crippen LogP contribution in [0.4, 0.5) is 0 Å². The summed E-state index contributed by atoms with van der Waals surface area (Å²) in [6.45, 7) is 3.99.